The Morgan fingerprint density at radius 2 is 1.72 bits per heavy atom. The summed E-state index contributed by atoms with van der Waals surface area (Å²) < 4.78 is 0. The van der Waals surface area contributed by atoms with Crippen LogP contribution in [0.5, 0.6) is 0 Å². The van der Waals surface area contributed by atoms with Crippen LogP contribution >= 0.6 is 0 Å². The second-order valence-electron chi connectivity index (χ2n) is 6.46. The Morgan fingerprint density at radius 3 is 2.44 bits per heavy atom. The number of aryl methyl sites for hydroxylation is 2. The van der Waals surface area contributed by atoms with Crippen LogP contribution in [0.1, 0.15) is 25.0 Å². The summed E-state index contributed by atoms with van der Waals surface area (Å²) in [5.74, 6) is 0.643. The average molecular weight is 334 g/mol. The molecular formula is C20H22N4O. The van der Waals surface area contributed by atoms with E-state index in [0.717, 1.165) is 46.2 Å². The zero-order valence-electron chi connectivity index (χ0n) is 15.0. The maximum atomic E-state index is 12.8. The molecule has 0 aliphatic carbocycles. The molecule has 2 aromatic heterocycles. The van der Waals surface area contributed by atoms with Crippen molar-refractivity contribution in [3.8, 4) is 0 Å². The number of aromatic amines is 2. The lowest BCUT2D eigenvalue weighted by Crippen LogP contribution is -2.27. The highest BCUT2D eigenvalue weighted by molar-refractivity contribution is 6.15. The molecule has 0 amide bonds. The quantitative estimate of drug-likeness (QED) is 0.595. The van der Waals surface area contributed by atoms with Crippen LogP contribution < -0.4 is 10.5 Å². The van der Waals surface area contributed by atoms with Gasteiger partial charge in [-0.3, -0.25) is 9.78 Å². The van der Waals surface area contributed by atoms with E-state index >= 15 is 0 Å². The lowest BCUT2D eigenvalue weighted by atomic mass is 10.00. The first-order valence-corrected chi connectivity index (χ1v) is 8.75. The van der Waals surface area contributed by atoms with Crippen LogP contribution in [0.15, 0.2) is 29.1 Å². The summed E-state index contributed by atoms with van der Waals surface area (Å²) in [6.45, 7) is 9.79. The zero-order valence-corrected chi connectivity index (χ0v) is 15.0. The highest BCUT2D eigenvalue weighted by atomic mass is 16.1. The van der Waals surface area contributed by atoms with Gasteiger partial charge in [-0.25, -0.2) is 4.98 Å². The van der Waals surface area contributed by atoms with Crippen molar-refractivity contribution in [3.05, 3.63) is 45.7 Å². The molecule has 0 fully saturated rings. The first kappa shape index (κ1) is 15.7. The molecule has 0 bridgehead atoms. The van der Waals surface area contributed by atoms with E-state index in [1.807, 2.05) is 19.1 Å². The van der Waals surface area contributed by atoms with Crippen LogP contribution in [0.4, 0.5) is 5.95 Å². The van der Waals surface area contributed by atoms with Gasteiger partial charge < -0.3 is 9.88 Å². The van der Waals surface area contributed by atoms with Crippen LogP contribution in [-0.4, -0.2) is 28.0 Å². The van der Waals surface area contributed by atoms with Gasteiger partial charge in [0, 0.05) is 29.4 Å². The third-order valence-electron chi connectivity index (χ3n) is 5.16. The van der Waals surface area contributed by atoms with E-state index in [-0.39, 0.29) is 5.56 Å². The number of benzene rings is 2. The maximum Gasteiger partial charge on any atom is 0.260 e. The fourth-order valence-corrected chi connectivity index (χ4v) is 3.81. The molecule has 0 saturated carbocycles. The van der Waals surface area contributed by atoms with Crippen molar-refractivity contribution in [2.45, 2.75) is 27.7 Å². The van der Waals surface area contributed by atoms with Crippen molar-refractivity contribution in [1.82, 2.24) is 15.0 Å². The molecule has 0 aliphatic rings. The van der Waals surface area contributed by atoms with E-state index in [9.17, 15) is 4.79 Å². The third kappa shape index (κ3) is 2.15. The van der Waals surface area contributed by atoms with Gasteiger partial charge in [-0.15, -0.1) is 0 Å². The number of rotatable bonds is 3. The van der Waals surface area contributed by atoms with Crippen LogP contribution in [0.2, 0.25) is 0 Å². The topological polar surface area (TPSA) is 64.8 Å². The first-order valence-electron chi connectivity index (χ1n) is 8.75. The Kier molecular flexibility index (Phi) is 3.53. The van der Waals surface area contributed by atoms with Crippen LogP contribution in [0.25, 0.3) is 32.7 Å². The minimum atomic E-state index is -0.0759. The predicted molar refractivity (Wildman–Crippen MR) is 105 cm³/mol. The number of H-pyrrole nitrogens is 2. The second-order valence-corrected chi connectivity index (χ2v) is 6.46. The van der Waals surface area contributed by atoms with Gasteiger partial charge in [-0.05, 0) is 44.9 Å². The highest BCUT2D eigenvalue weighted by Gasteiger charge is 2.18. The molecule has 128 valence electrons. The molecule has 5 nitrogen and oxygen atoms in total. The number of anilines is 1. The van der Waals surface area contributed by atoms with Crippen molar-refractivity contribution in [2.24, 2.45) is 0 Å². The monoisotopic (exact) mass is 334 g/mol. The smallest absolute Gasteiger partial charge is 0.260 e. The molecule has 4 rings (SSSR count). The number of hydrogen-bond donors (Lipinski definition) is 2. The molecule has 4 aromatic rings. The van der Waals surface area contributed by atoms with E-state index in [1.165, 1.54) is 5.39 Å². The van der Waals surface area contributed by atoms with Gasteiger partial charge in [0.1, 0.15) is 0 Å². The van der Waals surface area contributed by atoms with Crippen molar-refractivity contribution >= 4 is 38.7 Å². The Morgan fingerprint density at radius 1 is 1.00 bits per heavy atom. The number of hydrogen-bond acceptors (Lipinski definition) is 3. The van der Waals surface area contributed by atoms with Gasteiger partial charge in [0.15, 0.2) is 0 Å². The molecule has 5 heteroatoms. The van der Waals surface area contributed by atoms with Gasteiger partial charge in [-0.2, -0.15) is 0 Å². The lowest BCUT2D eigenvalue weighted by Gasteiger charge is -2.20. The molecule has 0 aliphatic heterocycles. The summed E-state index contributed by atoms with van der Waals surface area (Å²) in [5.41, 5.74) is 4.82. The average Bonchev–Trinajstić information content (AvgIpc) is 3.00. The minimum absolute atomic E-state index is 0.0759. The number of fused-ring (bicyclic) bond motifs is 4. The number of nitrogens with zero attached hydrogens (tertiary/aromatic N) is 2. The fraction of sp³-hybridized carbons (Fsp3) is 0.300. The van der Waals surface area contributed by atoms with E-state index < -0.39 is 0 Å². The van der Waals surface area contributed by atoms with Crippen molar-refractivity contribution < 1.29 is 0 Å². The zero-order chi connectivity index (χ0) is 17.7. The van der Waals surface area contributed by atoms with Crippen molar-refractivity contribution in [1.29, 1.82) is 0 Å². The SMILES string of the molecule is CCN(CC)c1nc2c(C)c3c([nH]c4ccccc43)c(C)c2c(=O)[nH]1. The molecule has 0 spiro atoms. The standard InChI is InChI=1S/C20H22N4O/c1-5-24(6-2)20-22-18-11(3)15-13-9-7-8-10-14(13)21-17(15)12(4)16(18)19(25)23-20/h7-10,21H,5-6H2,1-4H3,(H,22,23,25). The molecular weight excluding hydrogens is 312 g/mol. The molecule has 25 heavy (non-hydrogen) atoms. The predicted octanol–water partition coefficient (Wildman–Crippen LogP) is 4.02. The second kappa shape index (κ2) is 5.62. The largest absolute Gasteiger partial charge is 0.354 e. The van der Waals surface area contributed by atoms with Gasteiger partial charge in [-0.1, -0.05) is 18.2 Å². The van der Waals surface area contributed by atoms with Crippen molar-refractivity contribution in [2.75, 3.05) is 18.0 Å². The van der Waals surface area contributed by atoms with Gasteiger partial charge in [0.2, 0.25) is 5.95 Å². The van der Waals surface area contributed by atoms with Crippen LogP contribution in [0, 0.1) is 13.8 Å². The molecule has 2 N–H and O–H groups in total. The maximum absolute atomic E-state index is 12.8. The normalized spacial score (nSPS) is 11.7. The summed E-state index contributed by atoms with van der Waals surface area (Å²) in [6, 6.07) is 8.25. The summed E-state index contributed by atoms with van der Waals surface area (Å²) in [6.07, 6.45) is 0. The number of nitrogens with one attached hydrogen (secondary N) is 2. The number of aromatic nitrogens is 3. The van der Waals surface area contributed by atoms with Crippen molar-refractivity contribution in [3.63, 3.8) is 0 Å². The van der Waals surface area contributed by atoms with Gasteiger partial charge in [0.05, 0.1) is 16.4 Å². The van der Waals surface area contributed by atoms with Crippen LogP contribution in [0.3, 0.4) is 0 Å². The summed E-state index contributed by atoms with van der Waals surface area (Å²) in [7, 11) is 0. The summed E-state index contributed by atoms with van der Waals surface area (Å²) in [5, 5.41) is 3.00. The molecule has 2 aromatic carbocycles. The third-order valence-corrected chi connectivity index (χ3v) is 5.16. The Labute approximate surface area is 145 Å². The number of para-hydroxylation sites is 1. The van der Waals surface area contributed by atoms with Gasteiger partial charge >= 0.3 is 0 Å². The van der Waals surface area contributed by atoms with E-state index in [1.54, 1.807) is 0 Å². The fourth-order valence-electron chi connectivity index (χ4n) is 3.81. The molecule has 0 atom stereocenters. The molecule has 0 unspecified atom stereocenters. The van der Waals surface area contributed by atoms with E-state index in [2.05, 4.69) is 47.8 Å². The molecule has 0 radical (unpaired) electrons. The van der Waals surface area contributed by atoms with Gasteiger partial charge in [0.25, 0.3) is 5.56 Å². The van der Waals surface area contributed by atoms with E-state index in [0.29, 0.717) is 11.3 Å². The first-order chi connectivity index (χ1) is 12.1. The highest BCUT2D eigenvalue weighted by Crippen LogP contribution is 2.34. The summed E-state index contributed by atoms with van der Waals surface area (Å²) in [4.78, 5) is 26.2. The summed E-state index contributed by atoms with van der Waals surface area (Å²) >= 11 is 0. The Hall–Kier alpha value is -2.82. The lowest BCUT2D eigenvalue weighted by molar-refractivity contribution is 0.822. The van der Waals surface area contributed by atoms with E-state index in [4.69, 9.17) is 4.98 Å². The Balaban J connectivity index is 2.20. The minimum Gasteiger partial charge on any atom is -0.354 e. The Bertz CT molecular complexity index is 1170. The molecule has 0 saturated heterocycles. The molecule has 2 heterocycles. The van der Waals surface area contributed by atoms with Crippen LogP contribution in [-0.2, 0) is 0 Å².